The van der Waals surface area contributed by atoms with Crippen LogP contribution in [-0.4, -0.2) is 34.1 Å². The van der Waals surface area contributed by atoms with Crippen LogP contribution in [-0.2, 0) is 5.41 Å². The van der Waals surface area contributed by atoms with Gasteiger partial charge in [0.1, 0.15) is 5.82 Å². The van der Waals surface area contributed by atoms with Crippen molar-refractivity contribution >= 4 is 22.5 Å². The smallest absolute Gasteiger partial charge is 0.320 e. The van der Waals surface area contributed by atoms with Crippen LogP contribution in [0, 0.1) is 18.3 Å². The van der Waals surface area contributed by atoms with Gasteiger partial charge in [0.05, 0.1) is 35.4 Å². The minimum atomic E-state index is -0.328. The maximum atomic E-state index is 9.64. The summed E-state index contributed by atoms with van der Waals surface area (Å²) in [5, 5.41) is 10.5. The van der Waals surface area contributed by atoms with Crippen molar-refractivity contribution in [2.75, 3.05) is 19.1 Å². The van der Waals surface area contributed by atoms with E-state index in [1.807, 2.05) is 55.3 Å². The number of methoxy groups -OCH3 is 1. The molecule has 0 N–H and O–H groups in total. The van der Waals surface area contributed by atoms with Crippen LogP contribution in [0.3, 0.4) is 0 Å². The average Bonchev–Trinajstić information content (AvgIpc) is 2.83. The number of hydrogen-bond donors (Lipinski definition) is 0. The Morgan fingerprint density at radius 1 is 1.03 bits per heavy atom. The van der Waals surface area contributed by atoms with Crippen molar-refractivity contribution in [2.24, 2.45) is 0 Å². The molecule has 1 fully saturated rings. The van der Waals surface area contributed by atoms with Gasteiger partial charge in [-0.15, -0.1) is 0 Å². The Morgan fingerprint density at radius 3 is 2.45 bits per heavy atom. The minimum absolute atomic E-state index is 0.251. The molecule has 164 valence electrons. The quantitative estimate of drug-likeness (QED) is 0.429. The summed E-state index contributed by atoms with van der Waals surface area (Å²) in [4.78, 5) is 20.3. The van der Waals surface area contributed by atoms with Gasteiger partial charge in [0.2, 0.25) is 0 Å². The van der Waals surface area contributed by atoms with Gasteiger partial charge >= 0.3 is 6.01 Å². The third-order valence-electron chi connectivity index (χ3n) is 6.50. The fourth-order valence-electron chi connectivity index (χ4n) is 4.33. The van der Waals surface area contributed by atoms with Crippen LogP contribution in [0.4, 0.5) is 11.5 Å². The molecule has 7 heteroatoms. The Morgan fingerprint density at radius 2 is 1.82 bits per heavy atom. The fraction of sp³-hybridized carbons (Fsp3) is 0.269. The number of ether oxygens (including phenoxy) is 1. The largest absolute Gasteiger partial charge is 0.467 e. The first-order valence-electron chi connectivity index (χ1n) is 10.9. The molecule has 7 nitrogen and oxygen atoms in total. The molecule has 3 aromatic heterocycles. The Bertz CT molecular complexity index is 1370. The van der Waals surface area contributed by atoms with E-state index in [1.165, 1.54) is 0 Å². The van der Waals surface area contributed by atoms with Crippen LogP contribution in [0.25, 0.3) is 22.4 Å². The molecule has 1 aliphatic rings. The van der Waals surface area contributed by atoms with Gasteiger partial charge in [-0.05, 0) is 67.6 Å². The Labute approximate surface area is 192 Å². The molecule has 0 saturated heterocycles. The second-order valence-electron chi connectivity index (χ2n) is 8.42. The van der Waals surface area contributed by atoms with Crippen molar-refractivity contribution < 1.29 is 4.74 Å². The molecule has 5 rings (SSSR count). The van der Waals surface area contributed by atoms with E-state index in [0.717, 1.165) is 52.9 Å². The first-order chi connectivity index (χ1) is 16.0. The second-order valence-corrected chi connectivity index (χ2v) is 8.42. The van der Waals surface area contributed by atoms with Crippen molar-refractivity contribution in [3.8, 4) is 23.5 Å². The van der Waals surface area contributed by atoms with E-state index in [2.05, 4.69) is 33.2 Å². The predicted molar refractivity (Wildman–Crippen MR) is 128 cm³/mol. The summed E-state index contributed by atoms with van der Waals surface area (Å²) in [6, 6.07) is 18.8. The molecule has 1 aromatic carbocycles. The Hall–Kier alpha value is -4.05. The normalized spacial score (nSPS) is 14.4. The Balaban J connectivity index is 1.56. The summed E-state index contributed by atoms with van der Waals surface area (Å²) in [7, 11) is 3.50. The van der Waals surface area contributed by atoms with E-state index in [9.17, 15) is 5.26 Å². The molecule has 4 aromatic rings. The number of benzene rings is 1. The second kappa shape index (κ2) is 8.14. The number of nitrogens with zero attached hydrogens (tertiary/aromatic N) is 6. The minimum Gasteiger partial charge on any atom is -0.467 e. The van der Waals surface area contributed by atoms with Crippen LogP contribution in [0.1, 0.15) is 30.4 Å². The summed E-state index contributed by atoms with van der Waals surface area (Å²) in [6.45, 7) is 2.01. The van der Waals surface area contributed by atoms with Crippen molar-refractivity contribution in [3.63, 3.8) is 0 Å². The predicted octanol–water partition coefficient (Wildman–Crippen LogP) is 5.12. The van der Waals surface area contributed by atoms with Gasteiger partial charge in [-0.25, -0.2) is 4.98 Å². The highest BCUT2D eigenvalue weighted by Crippen LogP contribution is 2.43. The summed E-state index contributed by atoms with van der Waals surface area (Å²) < 4.78 is 5.38. The monoisotopic (exact) mass is 436 g/mol. The zero-order valence-electron chi connectivity index (χ0n) is 18.9. The van der Waals surface area contributed by atoms with E-state index in [0.29, 0.717) is 11.5 Å². The molecule has 0 atom stereocenters. The van der Waals surface area contributed by atoms with Crippen molar-refractivity contribution in [1.29, 1.82) is 5.26 Å². The first kappa shape index (κ1) is 20.8. The molecule has 0 radical (unpaired) electrons. The summed E-state index contributed by atoms with van der Waals surface area (Å²) in [5.74, 6) is 0.694. The summed E-state index contributed by atoms with van der Waals surface area (Å²) in [6.07, 6.45) is 4.72. The van der Waals surface area contributed by atoms with Crippen LogP contribution >= 0.6 is 0 Å². The highest BCUT2D eigenvalue weighted by Gasteiger charge is 2.38. The molecule has 0 bridgehead atoms. The average molecular weight is 437 g/mol. The molecule has 0 spiro atoms. The van der Waals surface area contributed by atoms with Crippen molar-refractivity contribution in [3.05, 3.63) is 65.9 Å². The number of rotatable bonds is 5. The molecule has 0 amide bonds. The molecule has 0 unspecified atom stereocenters. The SMILES string of the molecule is COc1nc(N(C)c2ccc(C3(C#N)CCC3)cc2)c2ccc(-c3ncccc3C)nc2n1. The van der Waals surface area contributed by atoms with Crippen LogP contribution in [0.2, 0.25) is 0 Å². The molecular weight excluding hydrogens is 412 g/mol. The molecule has 33 heavy (non-hydrogen) atoms. The van der Waals surface area contributed by atoms with Gasteiger partial charge < -0.3 is 9.64 Å². The van der Waals surface area contributed by atoms with Gasteiger partial charge in [0.25, 0.3) is 0 Å². The van der Waals surface area contributed by atoms with Gasteiger partial charge in [0, 0.05) is 18.9 Å². The number of anilines is 2. The van der Waals surface area contributed by atoms with E-state index in [1.54, 1.807) is 13.3 Å². The highest BCUT2D eigenvalue weighted by molar-refractivity contribution is 5.91. The van der Waals surface area contributed by atoms with Crippen LogP contribution in [0.15, 0.2) is 54.7 Å². The molecule has 3 heterocycles. The molecule has 1 aliphatic carbocycles. The van der Waals surface area contributed by atoms with Gasteiger partial charge in [-0.1, -0.05) is 18.2 Å². The van der Waals surface area contributed by atoms with Gasteiger partial charge in [-0.2, -0.15) is 15.2 Å². The molecular formula is C26H24N6O. The van der Waals surface area contributed by atoms with E-state index < -0.39 is 0 Å². The topological polar surface area (TPSA) is 87.8 Å². The maximum absolute atomic E-state index is 9.64. The number of pyridine rings is 2. The van der Waals surface area contributed by atoms with Crippen molar-refractivity contribution in [2.45, 2.75) is 31.6 Å². The third kappa shape index (κ3) is 3.54. The lowest BCUT2D eigenvalue weighted by atomic mass is 9.65. The van der Waals surface area contributed by atoms with E-state index in [4.69, 9.17) is 9.72 Å². The lowest BCUT2D eigenvalue weighted by Crippen LogP contribution is -2.32. The molecule has 0 aliphatic heterocycles. The lowest BCUT2D eigenvalue weighted by molar-refractivity contribution is 0.324. The summed E-state index contributed by atoms with van der Waals surface area (Å²) >= 11 is 0. The number of aromatic nitrogens is 4. The maximum Gasteiger partial charge on any atom is 0.320 e. The highest BCUT2D eigenvalue weighted by atomic mass is 16.5. The van der Waals surface area contributed by atoms with Crippen LogP contribution in [0.5, 0.6) is 6.01 Å². The Kier molecular flexibility index (Phi) is 5.14. The number of nitriles is 1. The zero-order valence-corrected chi connectivity index (χ0v) is 18.9. The van der Waals surface area contributed by atoms with E-state index in [-0.39, 0.29) is 11.4 Å². The first-order valence-corrected chi connectivity index (χ1v) is 10.9. The van der Waals surface area contributed by atoms with Crippen molar-refractivity contribution in [1.82, 2.24) is 19.9 Å². The molecule has 1 saturated carbocycles. The number of fused-ring (bicyclic) bond motifs is 1. The zero-order chi connectivity index (χ0) is 23.0. The standard InChI is InChI=1S/C26H24N6O/c1-17-6-4-15-28-22(17)21-12-11-20-23(29-21)30-25(33-3)31-24(20)32(2)19-9-7-18(8-10-19)26(16-27)13-5-14-26/h4,6-12,15H,5,13-14H2,1-3H3. The van der Waals surface area contributed by atoms with Crippen LogP contribution < -0.4 is 9.64 Å². The summed E-state index contributed by atoms with van der Waals surface area (Å²) in [5.41, 5.74) is 4.87. The lowest BCUT2D eigenvalue weighted by Gasteiger charge is -2.35. The third-order valence-corrected chi connectivity index (χ3v) is 6.50. The number of aryl methyl sites for hydroxylation is 1. The van der Waals surface area contributed by atoms with E-state index >= 15 is 0 Å². The van der Waals surface area contributed by atoms with Gasteiger partial charge in [-0.3, -0.25) is 4.98 Å². The fourth-order valence-corrected chi connectivity index (χ4v) is 4.33. The van der Waals surface area contributed by atoms with Gasteiger partial charge in [0.15, 0.2) is 5.65 Å². The number of hydrogen-bond acceptors (Lipinski definition) is 7.